The largest absolute Gasteiger partial charge is 0.391 e. The maximum Gasteiger partial charge on any atom is 0.0863 e. The Morgan fingerprint density at radius 1 is 1.08 bits per heavy atom. The molecule has 2 N–H and O–H groups in total. The van der Waals surface area contributed by atoms with Gasteiger partial charge < -0.3 is 5.73 Å². The van der Waals surface area contributed by atoms with Crippen molar-refractivity contribution in [2.24, 2.45) is 0 Å². The van der Waals surface area contributed by atoms with Crippen molar-refractivity contribution in [1.29, 1.82) is 0 Å². The third kappa shape index (κ3) is 1.76. The molecule has 0 amide bonds. The lowest BCUT2D eigenvalue weighted by atomic mass is 10.3. The maximum atomic E-state index is 5.68. The molecule has 0 unspecified atom stereocenters. The Hall–Kier alpha value is -0.800. The maximum absolute atomic E-state index is 5.68. The summed E-state index contributed by atoms with van der Waals surface area (Å²) < 4.78 is 0. The first-order chi connectivity index (χ1) is 6.29. The van der Waals surface area contributed by atoms with E-state index in [2.05, 4.69) is 25.1 Å². The van der Waals surface area contributed by atoms with Gasteiger partial charge in [-0.15, -0.1) is 22.7 Å². The van der Waals surface area contributed by atoms with Crippen LogP contribution in [0.25, 0.3) is 9.75 Å². The van der Waals surface area contributed by atoms with Gasteiger partial charge in [-0.25, -0.2) is 0 Å². The van der Waals surface area contributed by atoms with E-state index in [4.69, 9.17) is 5.73 Å². The second-order valence-electron chi connectivity index (χ2n) is 2.82. The Kier molecular flexibility index (Phi) is 2.38. The molecule has 2 rings (SSSR count). The van der Waals surface area contributed by atoms with Gasteiger partial charge in [0.05, 0.1) is 5.00 Å². The molecule has 3 heteroatoms. The standard InChI is InChI=1S/C10H11NS2/c1-2-7-3-4-8(12-7)9-5-6-10(11)13-9/h3-6H,2,11H2,1H3. The van der Waals surface area contributed by atoms with Gasteiger partial charge in [0.1, 0.15) is 0 Å². The Morgan fingerprint density at radius 2 is 1.77 bits per heavy atom. The predicted octanol–water partition coefficient (Wildman–Crippen LogP) is 3.62. The molecule has 2 aromatic rings. The zero-order valence-electron chi connectivity index (χ0n) is 7.41. The van der Waals surface area contributed by atoms with Crippen LogP contribution in [0, 0.1) is 0 Å². The summed E-state index contributed by atoms with van der Waals surface area (Å²) in [7, 11) is 0. The number of aryl methyl sites for hydroxylation is 1. The first-order valence-electron chi connectivity index (χ1n) is 4.24. The van der Waals surface area contributed by atoms with Crippen LogP contribution in [0.3, 0.4) is 0 Å². The van der Waals surface area contributed by atoms with Gasteiger partial charge in [-0.05, 0) is 30.7 Å². The van der Waals surface area contributed by atoms with Crippen molar-refractivity contribution in [3.05, 3.63) is 29.1 Å². The van der Waals surface area contributed by atoms with Gasteiger partial charge in [-0.1, -0.05) is 6.92 Å². The van der Waals surface area contributed by atoms with Gasteiger partial charge in [0.25, 0.3) is 0 Å². The quantitative estimate of drug-likeness (QED) is 0.803. The molecular weight excluding hydrogens is 198 g/mol. The molecule has 0 aliphatic heterocycles. The summed E-state index contributed by atoms with van der Waals surface area (Å²) in [4.78, 5) is 4.04. The van der Waals surface area contributed by atoms with Crippen molar-refractivity contribution >= 4 is 27.7 Å². The molecule has 0 bridgehead atoms. The Morgan fingerprint density at radius 3 is 2.31 bits per heavy atom. The topological polar surface area (TPSA) is 26.0 Å². The van der Waals surface area contributed by atoms with Crippen LogP contribution >= 0.6 is 22.7 Å². The van der Waals surface area contributed by atoms with Gasteiger partial charge in [0.2, 0.25) is 0 Å². The second-order valence-corrected chi connectivity index (χ2v) is 5.11. The number of rotatable bonds is 2. The average Bonchev–Trinajstić information content (AvgIpc) is 2.71. The fraction of sp³-hybridized carbons (Fsp3) is 0.200. The Bertz CT molecular complexity index is 400. The summed E-state index contributed by atoms with van der Waals surface area (Å²) in [5, 5.41) is 0.890. The van der Waals surface area contributed by atoms with Crippen molar-refractivity contribution in [1.82, 2.24) is 0 Å². The molecule has 0 spiro atoms. The summed E-state index contributed by atoms with van der Waals surface area (Å²) in [5.41, 5.74) is 5.68. The molecule has 2 aromatic heterocycles. The third-order valence-electron chi connectivity index (χ3n) is 1.88. The number of nitrogen functional groups attached to an aromatic ring is 1. The SMILES string of the molecule is CCc1ccc(-c2ccc(N)s2)s1. The highest BCUT2D eigenvalue weighted by atomic mass is 32.1. The van der Waals surface area contributed by atoms with Crippen LogP contribution in [-0.4, -0.2) is 0 Å². The summed E-state index contributed by atoms with van der Waals surface area (Å²) >= 11 is 3.51. The molecule has 0 aliphatic carbocycles. The molecular formula is C10H11NS2. The number of thiophene rings is 2. The van der Waals surface area contributed by atoms with Crippen molar-refractivity contribution in [2.75, 3.05) is 5.73 Å². The van der Waals surface area contributed by atoms with Crippen LogP contribution in [0.15, 0.2) is 24.3 Å². The highest BCUT2D eigenvalue weighted by Gasteiger charge is 2.03. The molecule has 68 valence electrons. The van der Waals surface area contributed by atoms with E-state index in [-0.39, 0.29) is 0 Å². The van der Waals surface area contributed by atoms with Gasteiger partial charge in [0.15, 0.2) is 0 Å². The van der Waals surface area contributed by atoms with Crippen molar-refractivity contribution in [2.45, 2.75) is 13.3 Å². The van der Waals surface area contributed by atoms with Crippen LogP contribution in [0.5, 0.6) is 0 Å². The first-order valence-corrected chi connectivity index (χ1v) is 5.87. The summed E-state index contributed by atoms with van der Waals surface area (Å²) in [5.74, 6) is 0. The molecule has 2 heterocycles. The minimum absolute atomic E-state index is 0.890. The molecule has 0 saturated carbocycles. The second kappa shape index (κ2) is 3.52. The number of nitrogens with two attached hydrogens (primary N) is 1. The summed E-state index contributed by atoms with van der Waals surface area (Å²) in [6.07, 6.45) is 1.12. The van der Waals surface area contributed by atoms with Gasteiger partial charge in [0, 0.05) is 14.6 Å². The Balaban J connectivity index is 2.35. The van der Waals surface area contributed by atoms with E-state index in [1.54, 1.807) is 11.3 Å². The lowest BCUT2D eigenvalue weighted by Crippen LogP contribution is -1.72. The Labute approximate surface area is 85.8 Å². The number of anilines is 1. The van der Waals surface area contributed by atoms with Crippen LogP contribution in [0.4, 0.5) is 5.00 Å². The average molecular weight is 209 g/mol. The van der Waals surface area contributed by atoms with Gasteiger partial charge >= 0.3 is 0 Å². The molecule has 0 aliphatic rings. The highest BCUT2D eigenvalue weighted by Crippen LogP contribution is 2.34. The third-order valence-corrected chi connectivity index (χ3v) is 4.22. The van der Waals surface area contributed by atoms with Crippen LogP contribution in [0.2, 0.25) is 0 Å². The summed E-state index contributed by atoms with van der Waals surface area (Å²) in [6.45, 7) is 2.18. The van der Waals surface area contributed by atoms with E-state index < -0.39 is 0 Å². The lowest BCUT2D eigenvalue weighted by molar-refractivity contribution is 1.19. The molecule has 0 saturated heterocycles. The minimum atomic E-state index is 0.890. The van der Waals surface area contributed by atoms with Gasteiger partial charge in [-0.3, -0.25) is 0 Å². The van der Waals surface area contributed by atoms with Crippen molar-refractivity contribution < 1.29 is 0 Å². The first kappa shape index (κ1) is 8.78. The van der Waals surface area contributed by atoms with E-state index in [9.17, 15) is 0 Å². The molecule has 0 radical (unpaired) electrons. The van der Waals surface area contributed by atoms with Crippen LogP contribution < -0.4 is 5.73 Å². The lowest BCUT2D eigenvalue weighted by Gasteiger charge is -1.88. The fourth-order valence-electron chi connectivity index (χ4n) is 1.19. The molecule has 0 atom stereocenters. The van der Waals surface area contributed by atoms with Crippen LogP contribution in [-0.2, 0) is 6.42 Å². The van der Waals surface area contributed by atoms with Crippen molar-refractivity contribution in [3.8, 4) is 9.75 Å². The minimum Gasteiger partial charge on any atom is -0.391 e. The normalized spacial score (nSPS) is 10.5. The van der Waals surface area contributed by atoms with E-state index in [1.807, 2.05) is 17.4 Å². The van der Waals surface area contributed by atoms with Gasteiger partial charge in [-0.2, -0.15) is 0 Å². The fourth-order valence-corrected chi connectivity index (χ4v) is 3.00. The van der Waals surface area contributed by atoms with E-state index in [1.165, 1.54) is 14.6 Å². The van der Waals surface area contributed by atoms with Crippen LogP contribution in [0.1, 0.15) is 11.8 Å². The van der Waals surface area contributed by atoms with E-state index in [0.29, 0.717) is 0 Å². The zero-order valence-corrected chi connectivity index (χ0v) is 9.04. The smallest absolute Gasteiger partial charge is 0.0863 e. The molecule has 1 nitrogen and oxygen atoms in total. The molecule has 13 heavy (non-hydrogen) atoms. The van der Waals surface area contributed by atoms with E-state index in [0.717, 1.165) is 11.4 Å². The number of hydrogen-bond acceptors (Lipinski definition) is 3. The predicted molar refractivity (Wildman–Crippen MR) is 61.4 cm³/mol. The zero-order chi connectivity index (χ0) is 9.26. The number of hydrogen-bond donors (Lipinski definition) is 1. The van der Waals surface area contributed by atoms with Crippen molar-refractivity contribution in [3.63, 3.8) is 0 Å². The summed E-state index contributed by atoms with van der Waals surface area (Å²) in [6, 6.07) is 8.42. The molecule has 0 aromatic carbocycles. The highest BCUT2D eigenvalue weighted by molar-refractivity contribution is 7.24. The molecule has 0 fully saturated rings. The monoisotopic (exact) mass is 209 g/mol. The van der Waals surface area contributed by atoms with E-state index >= 15 is 0 Å².